The third-order valence-electron chi connectivity index (χ3n) is 3.62. The lowest BCUT2D eigenvalue weighted by atomic mass is 9.78. The third-order valence-corrected chi connectivity index (χ3v) is 3.62. The number of carbonyl (C=O) groups excluding carboxylic acids is 1. The van der Waals surface area contributed by atoms with Crippen LogP contribution in [0.2, 0.25) is 0 Å². The van der Waals surface area contributed by atoms with Gasteiger partial charge in [0.1, 0.15) is 0 Å². The van der Waals surface area contributed by atoms with Crippen LogP contribution in [0.4, 0.5) is 0 Å². The molecule has 1 N–H and O–H groups in total. The van der Waals surface area contributed by atoms with Crippen molar-refractivity contribution in [1.82, 2.24) is 4.90 Å². The number of carbonyl (C=O) groups is 2. The summed E-state index contributed by atoms with van der Waals surface area (Å²) in [6.45, 7) is 1.24. The predicted octanol–water partition coefficient (Wildman–Crippen LogP) is 1.37. The normalized spacial score (nSPS) is 23.7. The first-order valence-electron chi connectivity index (χ1n) is 6.54. The van der Waals surface area contributed by atoms with Gasteiger partial charge < -0.3 is 14.7 Å². The van der Waals surface area contributed by atoms with Crippen molar-refractivity contribution in [3.63, 3.8) is 0 Å². The van der Waals surface area contributed by atoms with Gasteiger partial charge in [0.15, 0.2) is 0 Å². The van der Waals surface area contributed by atoms with Gasteiger partial charge in [0.05, 0.1) is 11.8 Å². The third kappa shape index (κ3) is 3.98. The maximum Gasteiger partial charge on any atom is 0.307 e. The molecule has 104 valence electrons. The van der Waals surface area contributed by atoms with Crippen LogP contribution >= 0.6 is 0 Å². The molecule has 0 bridgehead atoms. The maximum absolute atomic E-state index is 12.2. The standard InChI is InChI=1S/C13H23NO4/c1-14(8-5-9-18-2)12(15)10-6-3-4-7-11(10)13(16)17/h10-11H,3-9H2,1-2H3,(H,16,17)/t10-,11+/m1/s1. The second-order valence-corrected chi connectivity index (χ2v) is 4.94. The van der Waals surface area contributed by atoms with E-state index in [0.717, 1.165) is 19.3 Å². The molecule has 1 amide bonds. The van der Waals surface area contributed by atoms with Gasteiger partial charge in [0.25, 0.3) is 0 Å². The molecule has 0 radical (unpaired) electrons. The van der Waals surface area contributed by atoms with E-state index in [1.54, 1.807) is 19.1 Å². The molecule has 18 heavy (non-hydrogen) atoms. The van der Waals surface area contributed by atoms with Gasteiger partial charge in [-0.3, -0.25) is 9.59 Å². The van der Waals surface area contributed by atoms with E-state index in [2.05, 4.69) is 0 Å². The van der Waals surface area contributed by atoms with E-state index in [-0.39, 0.29) is 11.8 Å². The van der Waals surface area contributed by atoms with Gasteiger partial charge in [-0.25, -0.2) is 0 Å². The number of hydrogen-bond donors (Lipinski definition) is 1. The Balaban J connectivity index is 2.54. The van der Waals surface area contributed by atoms with Crippen molar-refractivity contribution < 1.29 is 19.4 Å². The summed E-state index contributed by atoms with van der Waals surface area (Å²) in [5.41, 5.74) is 0. The number of carboxylic acids is 1. The Labute approximate surface area is 108 Å². The molecule has 1 fully saturated rings. The fourth-order valence-electron chi connectivity index (χ4n) is 2.56. The summed E-state index contributed by atoms with van der Waals surface area (Å²) in [6, 6.07) is 0. The summed E-state index contributed by atoms with van der Waals surface area (Å²) in [5.74, 6) is -1.71. The number of nitrogens with zero attached hydrogens (tertiary/aromatic N) is 1. The average Bonchev–Trinajstić information content (AvgIpc) is 2.38. The fourth-order valence-corrected chi connectivity index (χ4v) is 2.56. The molecule has 1 rings (SSSR count). The van der Waals surface area contributed by atoms with E-state index in [9.17, 15) is 9.59 Å². The van der Waals surface area contributed by atoms with Crippen LogP contribution in [-0.4, -0.2) is 49.2 Å². The first-order chi connectivity index (χ1) is 8.57. The molecule has 5 nitrogen and oxygen atoms in total. The Morgan fingerprint density at radius 2 is 1.89 bits per heavy atom. The number of hydrogen-bond acceptors (Lipinski definition) is 3. The zero-order chi connectivity index (χ0) is 13.5. The SMILES string of the molecule is COCCCN(C)C(=O)[C@@H]1CCCC[C@@H]1C(=O)O. The van der Waals surface area contributed by atoms with Gasteiger partial charge in [0, 0.05) is 27.3 Å². The molecule has 0 aromatic heterocycles. The first kappa shape index (κ1) is 15.0. The molecule has 0 spiro atoms. The monoisotopic (exact) mass is 257 g/mol. The summed E-state index contributed by atoms with van der Waals surface area (Å²) >= 11 is 0. The van der Waals surface area contributed by atoms with Crippen LogP contribution < -0.4 is 0 Å². The van der Waals surface area contributed by atoms with Crippen molar-refractivity contribution in [3.05, 3.63) is 0 Å². The van der Waals surface area contributed by atoms with E-state index in [4.69, 9.17) is 9.84 Å². The lowest BCUT2D eigenvalue weighted by molar-refractivity contribution is -0.151. The molecule has 0 aromatic rings. The lowest BCUT2D eigenvalue weighted by Gasteiger charge is -2.31. The number of ether oxygens (including phenoxy) is 1. The minimum atomic E-state index is -0.835. The fraction of sp³-hybridized carbons (Fsp3) is 0.846. The van der Waals surface area contributed by atoms with Crippen molar-refractivity contribution in [1.29, 1.82) is 0 Å². The average molecular weight is 257 g/mol. The minimum absolute atomic E-state index is 0.0294. The Bertz CT molecular complexity index is 293. The van der Waals surface area contributed by atoms with Crippen molar-refractivity contribution in [3.8, 4) is 0 Å². The highest BCUT2D eigenvalue weighted by Gasteiger charge is 2.36. The second kappa shape index (κ2) is 7.36. The number of aliphatic carboxylic acids is 1. The van der Waals surface area contributed by atoms with Gasteiger partial charge in [0.2, 0.25) is 5.91 Å². The molecular weight excluding hydrogens is 234 g/mol. The van der Waals surface area contributed by atoms with Crippen LogP contribution in [0.3, 0.4) is 0 Å². The molecular formula is C13H23NO4. The Hall–Kier alpha value is -1.10. The number of amides is 1. The number of methoxy groups -OCH3 is 1. The molecule has 0 aliphatic heterocycles. The Morgan fingerprint density at radius 3 is 2.44 bits per heavy atom. The van der Waals surface area contributed by atoms with E-state index >= 15 is 0 Å². The molecule has 1 aliphatic carbocycles. The zero-order valence-electron chi connectivity index (χ0n) is 11.2. The van der Waals surface area contributed by atoms with Crippen LogP contribution in [0.5, 0.6) is 0 Å². The van der Waals surface area contributed by atoms with Crippen LogP contribution in [0.25, 0.3) is 0 Å². The largest absolute Gasteiger partial charge is 0.481 e. The summed E-state index contributed by atoms with van der Waals surface area (Å²) < 4.78 is 4.94. The predicted molar refractivity (Wildman–Crippen MR) is 67.2 cm³/mol. The van der Waals surface area contributed by atoms with Crippen molar-refractivity contribution in [2.75, 3.05) is 27.3 Å². The highest BCUT2D eigenvalue weighted by Crippen LogP contribution is 2.31. The van der Waals surface area contributed by atoms with Crippen molar-refractivity contribution in [2.24, 2.45) is 11.8 Å². The smallest absolute Gasteiger partial charge is 0.307 e. The maximum atomic E-state index is 12.2. The molecule has 0 aromatic carbocycles. The quantitative estimate of drug-likeness (QED) is 0.730. The summed E-state index contributed by atoms with van der Waals surface area (Å²) in [4.78, 5) is 25.0. The molecule has 0 unspecified atom stereocenters. The second-order valence-electron chi connectivity index (χ2n) is 4.94. The highest BCUT2D eigenvalue weighted by atomic mass is 16.5. The van der Waals surface area contributed by atoms with Crippen LogP contribution in [0.1, 0.15) is 32.1 Å². The van der Waals surface area contributed by atoms with Gasteiger partial charge in [-0.15, -0.1) is 0 Å². The van der Waals surface area contributed by atoms with Crippen LogP contribution in [0, 0.1) is 11.8 Å². The Morgan fingerprint density at radius 1 is 1.28 bits per heavy atom. The Kier molecular flexibility index (Phi) is 6.12. The summed E-state index contributed by atoms with van der Waals surface area (Å²) in [5, 5.41) is 9.16. The van der Waals surface area contributed by atoms with E-state index in [1.807, 2.05) is 0 Å². The van der Waals surface area contributed by atoms with Gasteiger partial charge >= 0.3 is 5.97 Å². The molecule has 1 aliphatic rings. The van der Waals surface area contributed by atoms with Crippen LogP contribution in [0.15, 0.2) is 0 Å². The van der Waals surface area contributed by atoms with Gasteiger partial charge in [-0.1, -0.05) is 12.8 Å². The summed E-state index contributed by atoms with van der Waals surface area (Å²) in [7, 11) is 3.37. The van der Waals surface area contributed by atoms with E-state index in [1.165, 1.54) is 0 Å². The zero-order valence-corrected chi connectivity index (χ0v) is 11.2. The number of carboxylic acid groups (broad SMARTS) is 1. The molecule has 2 atom stereocenters. The molecule has 5 heteroatoms. The lowest BCUT2D eigenvalue weighted by Crippen LogP contribution is -2.41. The topological polar surface area (TPSA) is 66.8 Å². The number of rotatable bonds is 6. The van der Waals surface area contributed by atoms with Gasteiger partial charge in [-0.2, -0.15) is 0 Å². The van der Waals surface area contributed by atoms with Gasteiger partial charge in [-0.05, 0) is 19.3 Å². The molecule has 0 heterocycles. The van der Waals surface area contributed by atoms with E-state index < -0.39 is 11.9 Å². The van der Waals surface area contributed by atoms with Crippen molar-refractivity contribution >= 4 is 11.9 Å². The molecule has 0 saturated heterocycles. The summed E-state index contributed by atoms with van der Waals surface area (Å²) in [6.07, 6.45) is 3.96. The van der Waals surface area contributed by atoms with Crippen LogP contribution in [-0.2, 0) is 14.3 Å². The first-order valence-corrected chi connectivity index (χ1v) is 6.54. The minimum Gasteiger partial charge on any atom is -0.481 e. The highest BCUT2D eigenvalue weighted by molar-refractivity contribution is 5.84. The van der Waals surface area contributed by atoms with E-state index in [0.29, 0.717) is 26.0 Å². The molecule has 1 saturated carbocycles. The van der Waals surface area contributed by atoms with Crippen molar-refractivity contribution in [2.45, 2.75) is 32.1 Å².